The summed E-state index contributed by atoms with van der Waals surface area (Å²) < 4.78 is 0. The van der Waals surface area contributed by atoms with Crippen LogP contribution in [-0.4, -0.2) is 25.0 Å². The molecule has 0 aromatic heterocycles. The molecule has 0 amide bonds. The first kappa shape index (κ1) is 12.7. The van der Waals surface area contributed by atoms with Crippen LogP contribution in [0.25, 0.3) is 0 Å². The lowest BCUT2D eigenvalue weighted by atomic mass is 10.1. The third kappa shape index (κ3) is 5.53. The molecule has 16 heavy (non-hydrogen) atoms. The number of unbranched alkanes of at least 4 members (excludes halogenated alkanes) is 2. The summed E-state index contributed by atoms with van der Waals surface area (Å²) in [4.78, 5) is 2.34. The van der Waals surface area contributed by atoms with Gasteiger partial charge in [-0.2, -0.15) is 5.26 Å². The van der Waals surface area contributed by atoms with Crippen molar-refractivity contribution in [1.82, 2.24) is 4.90 Å². The zero-order valence-corrected chi connectivity index (χ0v) is 10.0. The van der Waals surface area contributed by atoms with Gasteiger partial charge in [-0.3, -0.25) is 0 Å². The molecule has 0 spiro atoms. The van der Waals surface area contributed by atoms with E-state index in [1.54, 1.807) is 0 Å². The third-order valence-electron chi connectivity index (χ3n) is 2.70. The van der Waals surface area contributed by atoms with Crippen molar-refractivity contribution in [2.45, 2.75) is 25.7 Å². The Bertz CT molecular complexity index is 313. The van der Waals surface area contributed by atoms with Crippen LogP contribution in [0.5, 0.6) is 0 Å². The molecule has 0 fully saturated rings. The maximum absolute atomic E-state index is 8.42. The Morgan fingerprint density at radius 3 is 2.56 bits per heavy atom. The van der Waals surface area contributed by atoms with Gasteiger partial charge in [-0.1, -0.05) is 30.3 Å². The standard InChI is InChI=1S/C14H20N2/c1-16(12-7-3-6-11-15)13-10-14-8-4-2-5-9-14/h2,4-5,8-9H,3,6-7,10,12-13H2,1H3. The van der Waals surface area contributed by atoms with E-state index in [2.05, 4.69) is 48.3 Å². The molecule has 86 valence electrons. The number of nitrogens with zero attached hydrogens (tertiary/aromatic N) is 2. The van der Waals surface area contributed by atoms with Crippen LogP contribution in [0.4, 0.5) is 0 Å². The fraction of sp³-hybridized carbons (Fsp3) is 0.500. The topological polar surface area (TPSA) is 27.0 Å². The Labute approximate surface area is 98.5 Å². The Hall–Kier alpha value is -1.33. The second-order valence-electron chi connectivity index (χ2n) is 4.15. The Kier molecular flexibility index (Phi) is 6.29. The second kappa shape index (κ2) is 7.90. The number of hydrogen-bond acceptors (Lipinski definition) is 2. The van der Waals surface area contributed by atoms with Crippen LogP contribution < -0.4 is 0 Å². The zero-order valence-electron chi connectivity index (χ0n) is 10.0. The lowest BCUT2D eigenvalue weighted by Crippen LogP contribution is -2.22. The maximum Gasteiger partial charge on any atom is 0.0621 e. The Morgan fingerprint density at radius 1 is 1.12 bits per heavy atom. The molecular weight excluding hydrogens is 196 g/mol. The van der Waals surface area contributed by atoms with Crippen molar-refractivity contribution >= 4 is 0 Å². The van der Waals surface area contributed by atoms with Crippen LogP contribution in [0.15, 0.2) is 30.3 Å². The molecule has 0 saturated heterocycles. The number of rotatable bonds is 7. The molecule has 0 aliphatic rings. The van der Waals surface area contributed by atoms with E-state index in [1.165, 1.54) is 5.56 Å². The molecule has 0 atom stereocenters. The number of likely N-dealkylation sites (N-methyl/N-ethyl adjacent to an activating group) is 1. The van der Waals surface area contributed by atoms with Gasteiger partial charge in [-0.25, -0.2) is 0 Å². The van der Waals surface area contributed by atoms with E-state index in [0.717, 1.165) is 32.4 Å². The summed E-state index contributed by atoms with van der Waals surface area (Å²) >= 11 is 0. The molecule has 1 rings (SSSR count). The van der Waals surface area contributed by atoms with Gasteiger partial charge >= 0.3 is 0 Å². The fourth-order valence-corrected chi connectivity index (χ4v) is 1.66. The number of nitriles is 1. The first-order valence-corrected chi connectivity index (χ1v) is 5.92. The van der Waals surface area contributed by atoms with E-state index in [-0.39, 0.29) is 0 Å². The minimum absolute atomic E-state index is 0.687. The largest absolute Gasteiger partial charge is 0.306 e. The summed E-state index contributed by atoms with van der Waals surface area (Å²) in [5, 5.41) is 8.42. The molecule has 0 N–H and O–H groups in total. The third-order valence-corrected chi connectivity index (χ3v) is 2.70. The lowest BCUT2D eigenvalue weighted by molar-refractivity contribution is 0.330. The van der Waals surface area contributed by atoms with Crippen LogP contribution in [0, 0.1) is 11.3 Å². The van der Waals surface area contributed by atoms with Crippen molar-refractivity contribution in [3.63, 3.8) is 0 Å². The highest BCUT2D eigenvalue weighted by Gasteiger charge is 1.98. The summed E-state index contributed by atoms with van der Waals surface area (Å²) in [6.45, 7) is 2.19. The van der Waals surface area contributed by atoms with Gasteiger partial charge in [0, 0.05) is 13.0 Å². The lowest BCUT2D eigenvalue weighted by Gasteiger charge is -2.15. The van der Waals surface area contributed by atoms with E-state index in [0.29, 0.717) is 6.42 Å². The zero-order chi connectivity index (χ0) is 11.6. The van der Waals surface area contributed by atoms with E-state index in [9.17, 15) is 0 Å². The van der Waals surface area contributed by atoms with Gasteiger partial charge in [-0.15, -0.1) is 0 Å². The monoisotopic (exact) mass is 216 g/mol. The summed E-state index contributed by atoms with van der Waals surface area (Å²) in [7, 11) is 2.15. The molecule has 2 heteroatoms. The predicted octanol–water partition coefficient (Wildman–Crippen LogP) is 2.85. The first-order chi connectivity index (χ1) is 7.83. The van der Waals surface area contributed by atoms with E-state index >= 15 is 0 Å². The van der Waals surface area contributed by atoms with Crippen molar-refractivity contribution in [3.8, 4) is 6.07 Å². The SMILES string of the molecule is CN(CCCCC#N)CCc1ccccc1. The van der Waals surface area contributed by atoms with Gasteiger partial charge in [0.15, 0.2) is 0 Å². The minimum atomic E-state index is 0.687. The fourth-order valence-electron chi connectivity index (χ4n) is 1.66. The number of hydrogen-bond donors (Lipinski definition) is 0. The van der Waals surface area contributed by atoms with Crippen molar-refractivity contribution in [2.75, 3.05) is 20.1 Å². The minimum Gasteiger partial charge on any atom is -0.306 e. The molecule has 1 aromatic carbocycles. The first-order valence-electron chi connectivity index (χ1n) is 5.92. The van der Waals surface area contributed by atoms with Crippen LogP contribution in [0.1, 0.15) is 24.8 Å². The number of benzene rings is 1. The summed E-state index contributed by atoms with van der Waals surface area (Å²) in [5.41, 5.74) is 1.39. The van der Waals surface area contributed by atoms with Crippen molar-refractivity contribution in [1.29, 1.82) is 5.26 Å². The van der Waals surface area contributed by atoms with Gasteiger partial charge < -0.3 is 4.90 Å². The summed E-state index contributed by atoms with van der Waals surface area (Å²) in [6, 6.07) is 12.7. The van der Waals surface area contributed by atoms with Gasteiger partial charge in [-0.05, 0) is 38.4 Å². The molecule has 0 saturated carbocycles. The smallest absolute Gasteiger partial charge is 0.0621 e. The van der Waals surface area contributed by atoms with Crippen LogP contribution in [-0.2, 0) is 6.42 Å². The normalized spacial score (nSPS) is 10.3. The summed E-state index contributed by atoms with van der Waals surface area (Å²) in [6.07, 6.45) is 3.94. The molecule has 0 bridgehead atoms. The Morgan fingerprint density at radius 2 is 1.88 bits per heavy atom. The molecular formula is C14H20N2. The van der Waals surface area contributed by atoms with Crippen LogP contribution >= 0.6 is 0 Å². The molecule has 1 aromatic rings. The van der Waals surface area contributed by atoms with Crippen LogP contribution in [0.2, 0.25) is 0 Å². The Balaban J connectivity index is 2.11. The van der Waals surface area contributed by atoms with Gasteiger partial charge in [0.2, 0.25) is 0 Å². The van der Waals surface area contributed by atoms with E-state index < -0.39 is 0 Å². The highest BCUT2D eigenvalue weighted by molar-refractivity contribution is 5.14. The highest BCUT2D eigenvalue weighted by Crippen LogP contribution is 2.02. The van der Waals surface area contributed by atoms with Crippen LogP contribution in [0.3, 0.4) is 0 Å². The maximum atomic E-state index is 8.42. The quantitative estimate of drug-likeness (QED) is 0.655. The van der Waals surface area contributed by atoms with Gasteiger partial charge in [0.1, 0.15) is 0 Å². The molecule has 0 aliphatic heterocycles. The molecule has 0 radical (unpaired) electrons. The van der Waals surface area contributed by atoms with Gasteiger partial charge in [0.05, 0.1) is 6.07 Å². The van der Waals surface area contributed by atoms with Crippen molar-refractivity contribution in [2.24, 2.45) is 0 Å². The highest BCUT2D eigenvalue weighted by atomic mass is 15.1. The molecule has 0 aliphatic carbocycles. The molecule has 0 unspecified atom stereocenters. The van der Waals surface area contributed by atoms with E-state index in [1.807, 2.05) is 0 Å². The average Bonchev–Trinajstić information content (AvgIpc) is 2.33. The molecule has 2 nitrogen and oxygen atoms in total. The van der Waals surface area contributed by atoms with Crippen molar-refractivity contribution in [3.05, 3.63) is 35.9 Å². The van der Waals surface area contributed by atoms with Gasteiger partial charge in [0.25, 0.3) is 0 Å². The second-order valence-corrected chi connectivity index (χ2v) is 4.15. The predicted molar refractivity (Wildman–Crippen MR) is 67.1 cm³/mol. The van der Waals surface area contributed by atoms with E-state index in [4.69, 9.17) is 5.26 Å². The average molecular weight is 216 g/mol. The molecule has 0 heterocycles. The van der Waals surface area contributed by atoms with Crippen molar-refractivity contribution < 1.29 is 0 Å². The summed E-state index contributed by atoms with van der Waals surface area (Å²) in [5.74, 6) is 0.